The number of rotatable bonds is 5. The fraction of sp³-hybridized carbons (Fsp3) is 0.538. The molecule has 96 valence electrons. The van der Waals surface area contributed by atoms with Crippen molar-refractivity contribution in [2.24, 2.45) is 5.73 Å². The van der Waals surface area contributed by atoms with E-state index in [1.807, 2.05) is 38.1 Å². The number of likely N-dealkylation sites (N-methyl/N-ethyl adjacent to an activating group) is 1. The minimum Gasteiger partial charge on any atom is -0.326 e. The van der Waals surface area contributed by atoms with Crippen molar-refractivity contribution >= 4 is 0 Å². The first-order valence-electron chi connectivity index (χ1n) is 5.73. The zero-order valence-electron chi connectivity index (χ0n) is 10.5. The van der Waals surface area contributed by atoms with Crippen LogP contribution in [0.25, 0.3) is 0 Å². The van der Waals surface area contributed by atoms with E-state index in [4.69, 9.17) is 5.73 Å². The van der Waals surface area contributed by atoms with Crippen LogP contribution in [0.2, 0.25) is 0 Å². The van der Waals surface area contributed by atoms with E-state index >= 15 is 0 Å². The van der Waals surface area contributed by atoms with Crippen molar-refractivity contribution in [3.8, 4) is 0 Å². The molecule has 0 amide bonds. The predicted octanol–water partition coefficient (Wildman–Crippen LogP) is 2.58. The lowest BCUT2D eigenvalue weighted by molar-refractivity contribution is 0.0753. The molecule has 1 aromatic rings. The number of aryl methyl sites for hydroxylation is 1. The Hall–Kier alpha value is -1.00. The molecule has 0 saturated carbocycles. The molecule has 2 atom stereocenters. The lowest BCUT2D eigenvalue weighted by Gasteiger charge is -2.32. The molecule has 2 nitrogen and oxygen atoms in total. The molecule has 0 bridgehead atoms. The van der Waals surface area contributed by atoms with E-state index in [-0.39, 0.29) is 18.6 Å². The Morgan fingerprint density at radius 1 is 1.29 bits per heavy atom. The molecule has 1 aromatic carbocycles. The SMILES string of the molecule is Cc1ccccc1C(C(C)N)N(C)CC(F)F. The molecule has 0 aliphatic heterocycles. The first kappa shape index (κ1) is 14.1. The molecule has 2 N–H and O–H groups in total. The third-order valence-corrected chi connectivity index (χ3v) is 2.91. The molecular weight excluding hydrogens is 222 g/mol. The summed E-state index contributed by atoms with van der Waals surface area (Å²) in [5.74, 6) is 0. The van der Waals surface area contributed by atoms with Crippen LogP contribution in [0.4, 0.5) is 8.78 Å². The monoisotopic (exact) mass is 242 g/mol. The van der Waals surface area contributed by atoms with Gasteiger partial charge in [0, 0.05) is 12.1 Å². The van der Waals surface area contributed by atoms with Crippen molar-refractivity contribution < 1.29 is 8.78 Å². The molecule has 0 radical (unpaired) electrons. The van der Waals surface area contributed by atoms with Crippen LogP contribution in [0.5, 0.6) is 0 Å². The first-order chi connectivity index (χ1) is 7.93. The Morgan fingerprint density at radius 3 is 2.35 bits per heavy atom. The summed E-state index contributed by atoms with van der Waals surface area (Å²) in [6, 6.07) is 7.40. The second-order valence-corrected chi connectivity index (χ2v) is 4.49. The Bertz CT molecular complexity index is 353. The van der Waals surface area contributed by atoms with Gasteiger partial charge in [-0.05, 0) is 32.0 Å². The van der Waals surface area contributed by atoms with Gasteiger partial charge < -0.3 is 5.73 Å². The number of nitrogens with two attached hydrogens (primary N) is 1. The maximum Gasteiger partial charge on any atom is 0.251 e. The molecule has 0 fully saturated rings. The summed E-state index contributed by atoms with van der Waals surface area (Å²) in [6.07, 6.45) is -2.34. The third kappa shape index (κ3) is 3.75. The second-order valence-electron chi connectivity index (χ2n) is 4.49. The third-order valence-electron chi connectivity index (χ3n) is 2.91. The highest BCUT2D eigenvalue weighted by Gasteiger charge is 2.24. The van der Waals surface area contributed by atoms with Crippen LogP contribution in [-0.4, -0.2) is 31.0 Å². The van der Waals surface area contributed by atoms with Crippen molar-refractivity contribution in [2.45, 2.75) is 32.4 Å². The second kappa shape index (κ2) is 6.07. The van der Waals surface area contributed by atoms with E-state index in [0.29, 0.717) is 0 Å². The van der Waals surface area contributed by atoms with Crippen LogP contribution in [-0.2, 0) is 0 Å². The quantitative estimate of drug-likeness (QED) is 0.860. The van der Waals surface area contributed by atoms with Gasteiger partial charge in [-0.3, -0.25) is 4.90 Å². The average molecular weight is 242 g/mol. The summed E-state index contributed by atoms with van der Waals surface area (Å²) in [5, 5.41) is 0. The summed E-state index contributed by atoms with van der Waals surface area (Å²) in [4.78, 5) is 1.62. The maximum absolute atomic E-state index is 12.4. The minimum absolute atomic E-state index is 0.176. The summed E-state index contributed by atoms with van der Waals surface area (Å²) < 4.78 is 24.9. The van der Waals surface area contributed by atoms with Crippen LogP contribution in [0, 0.1) is 6.92 Å². The van der Waals surface area contributed by atoms with E-state index in [1.165, 1.54) is 0 Å². The molecule has 4 heteroatoms. The Morgan fingerprint density at radius 2 is 1.88 bits per heavy atom. The van der Waals surface area contributed by atoms with Crippen molar-refractivity contribution in [3.05, 3.63) is 35.4 Å². The Balaban J connectivity index is 2.97. The minimum atomic E-state index is -2.34. The average Bonchev–Trinajstić information content (AvgIpc) is 2.19. The van der Waals surface area contributed by atoms with Crippen LogP contribution < -0.4 is 5.73 Å². The number of nitrogens with zero attached hydrogens (tertiary/aromatic N) is 1. The number of hydrogen-bond donors (Lipinski definition) is 1. The van der Waals surface area contributed by atoms with Gasteiger partial charge in [0.25, 0.3) is 6.43 Å². The number of benzene rings is 1. The zero-order chi connectivity index (χ0) is 13.0. The first-order valence-corrected chi connectivity index (χ1v) is 5.73. The van der Waals surface area contributed by atoms with Crippen LogP contribution in [0.3, 0.4) is 0 Å². The van der Waals surface area contributed by atoms with E-state index in [0.717, 1.165) is 11.1 Å². The van der Waals surface area contributed by atoms with Gasteiger partial charge in [-0.15, -0.1) is 0 Å². The number of hydrogen-bond acceptors (Lipinski definition) is 2. The highest BCUT2D eigenvalue weighted by molar-refractivity contribution is 5.29. The smallest absolute Gasteiger partial charge is 0.251 e. The van der Waals surface area contributed by atoms with Crippen molar-refractivity contribution in [1.29, 1.82) is 0 Å². The van der Waals surface area contributed by atoms with Gasteiger partial charge in [0.1, 0.15) is 0 Å². The number of halogens is 2. The van der Waals surface area contributed by atoms with Crippen molar-refractivity contribution in [3.63, 3.8) is 0 Å². The van der Waals surface area contributed by atoms with Gasteiger partial charge in [0.15, 0.2) is 0 Å². The predicted molar refractivity (Wildman–Crippen MR) is 66.2 cm³/mol. The summed E-state index contributed by atoms with van der Waals surface area (Å²) in [6.45, 7) is 3.56. The molecule has 0 spiro atoms. The lowest BCUT2D eigenvalue weighted by Crippen LogP contribution is -2.39. The van der Waals surface area contributed by atoms with Gasteiger partial charge in [0.2, 0.25) is 0 Å². The van der Waals surface area contributed by atoms with Gasteiger partial charge in [-0.25, -0.2) is 8.78 Å². The number of alkyl halides is 2. The summed E-state index contributed by atoms with van der Waals surface area (Å²) in [7, 11) is 1.69. The molecule has 0 saturated heterocycles. The zero-order valence-corrected chi connectivity index (χ0v) is 10.5. The highest BCUT2D eigenvalue weighted by Crippen LogP contribution is 2.25. The molecule has 0 aliphatic rings. The fourth-order valence-corrected chi connectivity index (χ4v) is 2.17. The Kier molecular flexibility index (Phi) is 5.02. The van der Waals surface area contributed by atoms with Gasteiger partial charge in [-0.1, -0.05) is 24.3 Å². The van der Waals surface area contributed by atoms with Gasteiger partial charge >= 0.3 is 0 Å². The van der Waals surface area contributed by atoms with Crippen molar-refractivity contribution in [2.75, 3.05) is 13.6 Å². The van der Waals surface area contributed by atoms with E-state index in [1.54, 1.807) is 11.9 Å². The summed E-state index contributed by atoms with van der Waals surface area (Å²) in [5.41, 5.74) is 8.03. The highest BCUT2D eigenvalue weighted by atomic mass is 19.3. The molecule has 17 heavy (non-hydrogen) atoms. The van der Waals surface area contributed by atoms with E-state index < -0.39 is 6.43 Å². The van der Waals surface area contributed by atoms with Crippen molar-refractivity contribution in [1.82, 2.24) is 4.90 Å². The van der Waals surface area contributed by atoms with E-state index in [9.17, 15) is 8.78 Å². The molecule has 0 aliphatic carbocycles. The molecule has 1 rings (SSSR count). The fourth-order valence-electron chi connectivity index (χ4n) is 2.17. The molecule has 0 heterocycles. The molecule has 0 aromatic heterocycles. The maximum atomic E-state index is 12.4. The van der Waals surface area contributed by atoms with Crippen LogP contribution in [0.15, 0.2) is 24.3 Å². The van der Waals surface area contributed by atoms with Gasteiger partial charge in [-0.2, -0.15) is 0 Å². The molecular formula is C13H20F2N2. The normalized spacial score (nSPS) is 15.3. The topological polar surface area (TPSA) is 29.3 Å². The van der Waals surface area contributed by atoms with Crippen LogP contribution >= 0.6 is 0 Å². The van der Waals surface area contributed by atoms with E-state index in [2.05, 4.69) is 0 Å². The van der Waals surface area contributed by atoms with Crippen LogP contribution in [0.1, 0.15) is 24.1 Å². The standard InChI is InChI=1S/C13H20F2N2/c1-9-6-4-5-7-11(9)13(10(2)16)17(3)8-12(14)15/h4-7,10,12-13H,8,16H2,1-3H3. The largest absolute Gasteiger partial charge is 0.326 e. The molecule has 2 unspecified atom stereocenters. The Labute approximate surface area is 101 Å². The lowest BCUT2D eigenvalue weighted by atomic mass is 9.95. The van der Waals surface area contributed by atoms with Gasteiger partial charge in [0.05, 0.1) is 6.54 Å². The summed E-state index contributed by atoms with van der Waals surface area (Å²) >= 11 is 0.